The third-order valence-electron chi connectivity index (χ3n) is 4.05. The number of carbonyl (C=O) groups is 1. The largest absolute Gasteiger partial charge is 0.478 e. The van der Waals surface area contributed by atoms with Crippen LogP contribution in [-0.2, 0) is 20.0 Å². The van der Waals surface area contributed by atoms with Crippen molar-refractivity contribution in [3.05, 3.63) is 78.4 Å². The van der Waals surface area contributed by atoms with Gasteiger partial charge in [0.25, 0.3) is 10.0 Å². The minimum Gasteiger partial charge on any atom is -0.478 e. The Balaban J connectivity index is 2.02. The maximum absolute atomic E-state index is 12.7. The molecule has 3 rings (SSSR count). The molecule has 8 nitrogen and oxygen atoms in total. The summed E-state index contributed by atoms with van der Waals surface area (Å²) in [6.07, 6.45) is 0. The van der Waals surface area contributed by atoms with E-state index in [0.29, 0.717) is 5.56 Å². The first-order valence-corrected chi connectivity index (χ1v) is 11.2. The third-order valence-corrected chi connectivity index (χ3v) is 6.32. The molecule has 0 aliphatic rings. The van der Waals surface area contributed by atoms with E-state index in [1.54, 1.807) is 30.3 Å². The highest BCUT2D eigenvalue weighted by Crippen LogP contribution is 2.27. The molecule has 0 saturated carbocycles. The molecule has 0 radical (unpaired) electrons. The zero-order valence-corrected chi connectivity index (χ0v) is 16.4. The summed E-state index contributed by atoms with van der Waals surface area (Å²) >= 11 is 0. The second kappa shape index (κ2) is 7.66. The molecule has 150 valence electrons. The van der Waals surface area contributed by atoms with E-state index in [1.165, 1.54) is 24.3 Å². The molecule has 0 atom stereocenters. The molecule has 0 fully saturated rings. The van der Waals surface area contributed by atoms with Gasteiger partial charge in [0.05, 0.1) is 21.0 Å². The maximum Gasteiger partial charge on any atom is 0.337 e. The van der Waals surface area contributed by atoms with Crippen molar-refractivity contribution in [1.82, 2.24) is 0 Å². The predicted molar refractivity (Wildman–Crippen MR) is 107 cm³/mol. The van der Waals surface area contributed by atoms with E-state index in [1.807, 2.05) is 6.07 Å². The van der Waals surface area contributed by atoms with E-state index in [9.17, 15) is 26.7 Å². The molecule has 29 heavy (non-hydrogen) atoms. The van der Waals surface area contributed by atoms with E-state index < -0.39 is 26.0 Å². The van der Waals surface area contributed by atoms with Crippen LogP contribution in [0.5, 0.6) is 0 Å². The highest BCUT2D eigenvalue weighted by atomic mass is 32.2. The molecule has 0 unspecified atom stereocenters. The van der Waals surface area contributed by atoms with Crippen LogP contribution in [0.4, 0.5) is 5.69 Å². The zero-order valence-electron chi connectivity index (χ0n) is 14.8. The minimum atomic E-state index is -4.26. The van der Waals surface area contributed by atoms with Crippen molar-refractivity contribution < 1.29 is 26.7 Å². The van der Waals surface area contributed by atoms with E-state index in [2.05, 4.69) is 4.72 Å². The van der Waals surface area contributed by atoms with Crippen LogP contribution in [0, 0.1) is 0 Å². The maximum atomic E-state index is 12.7. The smallest absolute Gasteiger partial charge is 0.337 e. The van der Waals surface area contributed by atoms with Gasteiger partial charge in [0.2, 0.25) is 10.0 Å². The number of hydrogen-bond acceptors (Lipinski definition) is 5. The number of nitrogens with one attached hydrogen (secondary N) is 1. The Morgan fingerprint density at radius 1 is 0.793 bits per heavy atom. The Hall–Kier alpha value is -3.21. The topological polar surface area (TPSA) is 144 Å². The van der Waals surface area contributed by atoms with Crippen LogP contribution in [0.25, 0.3) is 11.1 Å². The number of primary sulfonamides is 1. The first kappa shape index (κ1) is 20.5. The summed E-state index contributed by atoms with van der Waals surface area (Å²) in [5, 5.41) is 14.6. The molecule has 0 aliphatic heterocycles. The lowest BCUT2D eigenvalue weighted by atomic mass is 10.0. The Morgan fingerprint density at radius 2 is 1.45 bits per heavy atom. The monoisotopic (exact) mass is 432 g/mol. The van der Waals surface area contributed by atoms with Crippen LogP contribution in [0.1, 0.15) is 10.4 Å². The number of aromatic carboxylic acids is 1. The molecule has 0 amide bonds. The van der Waals surface area contributed by atoms with E-state index in [0.717, 1.165) is 17.7 Å². The van der Waals surface area contributed by atoms with Gasteiger partial charge < -0.3 is 5.11 Å². The van der Waals surface area contributed by atoms with Crippen LogP contribution >= 0.6 is 0 Å². The predicted octanol–water partition coefficient (Wildman–Crippen LogP) is 2.50. The molecular weight excluding hydrogens is 416 g/mol. The number of carboxylic acids is 1. The highest BCUT2D eigenvalue weighted by molar-refractivity contribution is 7.93. The van der Waals surface area contributed by atoms with Crippen LogP contribution in [-0.4, -0.2) is 27.9 Å². The molecule has 0 aromatic heterocycles. The molecule has 3 aromatic carbocycles. The number of benzene rings is 3. The van der Waals surface area contributed by atoms with Gasteiger partial charge in [0.15, 0.2) is 0 Å². The number of sulfonamides is 2. The Morgan fingerprint density at radius 3 is 2.07 bits per heavy atom. The van der Waals surface area contributed by atoms with Crippen molar-refractivity contribution in [3.63, 3.8) is 0 Å². The lowest BCUT2D eigenvalue weighted by Crippen LogP contribution is -2.17. The SMILES string of the molecule is NS(=O)(=O)c1cccc(S(=O)(=O)Nc2ccc(-c3ccccc3)cc2C(=O)O)c1. The lowest BCUT2D eigenvalue weighted by Gasteiger charge is -2.13. The van der Waals surface area contributed by atoms with E-state index in [4.69, 9.17) is 5.14 Å². The molecule has 0 saturated heterocycles. The number of carboxylic acid groups (broad SMARTS) is 1. The van der Waals surface area contributed by atoms with E-state index in [-0.39, 0.29) is 21.0 Å². The van der Waals surface area contributed by atoms with Crippen molar-refractivity contribution in [1.29, 1.82) is 0 Å². The quantitative estimate of drug-likeness (QED) is 0.546. The van der Waals surface area contributed by atoms with Gasteiger partial charge in [-0.05, 0) is 41.5 Å². The molecule has 0 aliphatic carbocycles. The van der Waals surface area contributed by atoms with Crippen LogP contribution < -0.4 is 9.86 Å². The first-order valence-electron chi connectivity index (χ1n) is 8.16. The van der Waals surface area contributed by atoms with Gasteiger partial charge in [-0.15, -0.1) is 0 Å². The molecule has 0 heterocycles. The van der Waals surface area contributed by atoms with Gasteiger partial charge >= 0.3 is 5.97 Å². The van der Waals surface area contributed by atoms with Crippen LogP contribution in [0.2, 0.25) is 0 Å². The Labute approximate surface area is 167 Å². The second-order valence-electron chi connectivity index (χ2n) is 6.06. The fourth-order valence-corrected chi connectivity index (χ4v) is 4.40. The van der Waals surface area contributed by atoms with Crippen LogP contribution in [0.3, 0.4) is 0 Å². The molecule has 3 aromatic rings. The summed E-state index contributed by atoms with van der Waals surface area (Å²) in [6.45, 7) is 0. The normalized spacial score (nSPS) is 11.8. The Kier molecular flexibility index (Phi) is 5.42. The summed E-state index contributed by atoms with van der Waals surface area (Å²) in [7, 11) is -8.37. The second-order valence-corrected chi connectivity index (χ2v) is 9.30. The molecule has 0 bridgehead atoms. The average Bonchev–Trinajstić information content (AvgIpc) is 2.68. The van der Waals surface area contributed by atoms with Gasteiger partial charge in [0, 0.05) is 0 Å². The number of hydrogen-bond donors (Lipinski definition) is 3. The summed E-state index contributed by atoms with van der Waals surface area (Å²) in [4.78, 5) is 10.9. The fourth-order valence-electron chi connectivity index (χ4n) is 2.64. The van der Waals surface area contributed by atoms with Gasteiger partial charge in [-0.2, -0.15) is 0 Å². The summed E-state index contributed by atoms with van der Waals surface area (Å²) in [5.74, 6) is -1.32. The van der Waals surface area contributed by atoms with Crippen molar-refractivity contribution in [3.8, 4) is 11.1 Å². The van der Waals surface area contributed by atoms with Crippen molar-refractivity contribution in [2.75, 3.05) is 4.72 Å². The average molecular weight is 432 g/mol. The van der Waals surface area contributed by atoms with Crippen molar-refractivity contribution >= 4 is 31.7 Å². The molecule has 0 spiro atoms. The molecular formula is C19H16N2O6S2. The molecule has 10 heteroatoms. The van der Waals surface area contributed by atoms with E-state index >= 15 is 0 Å². The first-order chi connectivity index (χ1) is 13.6. The standard InChI is InChI=1S/C19H16N2O6S2/c20-28(24,25)15-7-4-8-16(12-15)29(26,27)21-18-10-9-14(11-17(18)19(22)23)13-5-2-1-3-6-13/h1-12,21H,(H,22,23)(H2,20,24,25). The van der Waals surface area contributed by atoms with Crippen LogP contribution in [0.15, 0.2) is 82.6 Å². The number of nitrogens with two attached hydrogens (primary N) is 1. The van der Waals surface area contributed by atoms with Gasteiger partial charge in [0.1, 0.15) is 0 Å². The minimum absolute atomic E-state index is 0.154. The third kappa shape index (κ3) is 4.62. The number of anilines is 1. The van der Waals surface area contributed by atoms with Gasteiger partial charge in [-0.1, -0.05) is 42.5 Å². The molecule has 4 N–H and O–H groups in total. The summed E-state index contributed by atoms with van der Waals surface area (Å²) in [5.41, 5.74) is 0.961. The van der Waals surface area contributed by atoms with Crippen molar-refractivity contribution in [2.45, 2.75) is 9.79 Å². The van der Waals surface area contributed by atoms with Gasteiger partial charge in [-0.25, -0.2) is 26.8 Å². The highest BCUT2D eigenvalue weighted by Gasteiger charge is 2.21. The van der Waals surface area contributed by atoms with Crippen molar-refractivity contribution in [2.24, 2.45) is 5.14 Å². The fraction of sp³-hybridized carbons (Fsp3) is 0. The zero-order chi connectivity index (χ0) is 21.2. The Bertz CT molecular complexity index is 1290. The number of rotatable bonds is 6. The summed E-state index contributed by atoms with van der Waals surface area (Å²) in [6, 6.07) is 17.7. The van der Waals surface area contributed by atoms with Gasteiger partial charge in [-0.3, -0.25) is 4.72 Å². The lowest BCUT2D eigenvalue weighted by molar-refractivity contribution is 0.0698. The summed E-state index contributed by atoms with van der Waals surface area (Å²) < 4.78 is 50.5.